The molecule has 0 N–H and O–H groups in total. The van der Waals surface area contributed by atoms with Crippen LogP contribution in [0.25, 0.3) is 0 Å². The van der Waals surface area contributed by atoms with Gasteiger partial charge >= 0.3 is 18.3 Å². The van der Waals surface area contributed by atoms with Crippen molar-refractivity contribution in [1.29, 1.82) is 0 Å². The van der Waals surface area contributed by atoms with Crippen LogP contribution in [0.4, 0.5) is 35.5 Å². The van der Waals surface area contributed by atoms with Crippen molar-refractivity contribution in [2.75, 3.05) is 13.2 Å². The summed E-state index contributed by atoms with van der Waals surface area (Å²) in [5.41, 5.74) is 0. The smallest absolute Gasteiger partial charge is 0.428 e. The summed E-state index contributed by atoms with van der Waals surface area (Å²) in [6, 6.07) is 0. The fourth-order valence-electron chi connectivity index (χ4n) is 0.459. The molecular weight excluding hydrogens is 265 g/mol. The number of hydrogen-bond acceptors (Lipinski definition) is 3. The molecule has 0 saturated carbocycles. The zero-order valence-corrected chi connectivity index (χ0v) is 8.28. The van der Waals surface area contributed by atoms with Crippen LogP contribution in [0.3, 0.4) is 0 Å². The molecule has 3 nitrogen and oxygen atoms in total. The molecule has 102 valence electrons. The summed E-state index contributed by atoms with van der Waals surface area (Å²) in [5.74, 6) is -8.70. The average Bonchev–Trinajstić information content (AvgIpc) is 2.08. The first kappa shape index (κ1) is 15.8. The second kappa shape index (κ2) is 4.96. The minimum atomic E-state index is -5.90. The Kier molecular flexibility index (Phi) is 4.61. The van der Waals surface area contributed by atoms with Crippen molar-refractivity contribution < 1.29 is 45.0 Å². The molecule has 0 aromatic rings. The Balaban J connectivity index is 4.09. The van der Waals surface area contributed by atoms with E-state index in [9.17, 15) is 35.5 Å². The summed E-state index contributed by atoms with van der Waals surface area (Å²) in [5, 5.41) is 0. The number of carbonyl (C=O) groups excluding carboxylic acids is 1. The van der Waals surface area contributed by atoms with E-state index in [2.05, 4.69) is 9.47 Å². The maximum Gasteiger partial charge on any atom is 0.508 e. The first-order valence-electron chi connectivity index (χ1n) is 3.97. The van der Waals surface area contributed by atoms with Crippen molar-refractivity contribution in [3.8, 4) is 0 Å². The van der Waals surface area contributed by atoms with Crippen LogP contribution in [0.1, 0.15) is 6.92 Å². The Bertz CT molecular complexity index is 268. The van der Waals surface area contributed by atoms with Crippen LogP contribution in [0, 0.1) is 0 Å². The number of rotatable bonds is 4. The summed E-state index contributed by atoms with van der Waals surface area (Å²) in [6.45, 7) is -3.46. The largest absolute Gasteiger partial charge is 0.508 e. The van der Waals surface area contributed by atoms with Gasteiger partial charge in [-0.2, -0.15) is 22.0 Å². The summed E-state index contributed by atoms with van der Waals surface area (Å²) in [7, 11) is 0. The molecule has 0 fully saturated rings. The SMILES string of the molecule is CC(F)(F)COC(=O)OCC(F)(F)C(F)(F)F. The Morgan fingerprint density at radius 2 is 1.35 bits per heavy atom. The highest BCUT2D eigenvalue weighted by atomic mass is 19.4. The van der Waals surface area contributed by atoms with Crippen molar-refractivity contribution >= 4 is 6.16 Å². The van der Waals surface area contributed by atoms with Gasteiger partial charge in [0.2, 0.25) is 0 Å². The maximum absolute atomic E-state index is 12.2. The van der Waals surface area contributed by atoms with E-state index in [0.717, 1.165) is 0 Å². The van der Waals surface area contributed by atoms with Crippen molar-refractivity contribution in [3.63, 3.8) is 0 Å². The third-order valence-electron chi connectivity index (χ3n) is 1.23. The van der Waals surface area contributed by atoms with Gasteiger partial charge in [-0.1, -0.05) is 0 Å². The predicted molar refractivity (Wildman–Crippen MR) is 38.9 cm³/mol. The van der Waals surface area contributed by atoms with E-state index in [1.165, 1.54) is 0 Å². The van der Waals surface area contributed by atoms with Crippen LogP contribution in [0.15, 0.2) is 0 Å². The molecule has 0 spiro atoms. The van der Waals surface area contributed by atoms with Crippen LogP contribution in [-0.4, -0.2) is 37.4 Å². The van der Waals surface area contributed by atoms with Crippen molar-refractivity contribution in [2.45, 2.75) is 24.9 Å². The lowest BCUT2D eigenvalue weighted by Crippen LogP contribution is -2.41. The summed E-state index contributed by atoms with van der Waals surface area (Å²) in [4.78, 5) is 10.4. The lowest BCUT2D eigenvalue weighted by molar-refractivity contribution is -0.293. The molecule has 0 aliphatic carbocycles. The zero-order chi connectivity index (χ0) is 13.9. The van der Waals surface area contributed by atoms with Crippen LogP contribution in [0.2, 0.25) is 0 Å². The molecule has 0 saturated heterocycles. The van der Waals surface area contributed by atoms with Gasteiger partial charge in [-0.15, -0.1) is 0 Å². The Labute approximate surface area is 90.5 Å². The number of carbonyl (C=O) groups is 1. The average molecular weight is 272 g/mol. The fraction of sp³-hybridized carbons (Fsp3) is 0.857. The first-order valence-corrected chi connectivity index (χ1v) is 3.97. The van der Waals surface area contributed by atoms with Gasteiger partial charge in [0.05, 0.1) is 0 Å². The maximum atomic E-state index is 12.2. The number of alkyl halides is 7. The van der Waals surface area contributed by atoms with Gasteiger partial charge < -0.3 is 9.47 Å². The second-order valence-electron chi connectivity index (χ2n) is 3.10. The minimum Gasteiger partial charge on any atom is -0.428 e. The van der Waals surface area contributed by atoms with Crippen LogP contribution in [0.5, 0.6) is 0 Å². The fourth-order valence-corrected chi connectivity index (χ4v) is 0.459. The van der Waals surface area contributed by atoms with Crippen molar-refractivity contribution in [2.24, 2.45) is 0 Å². The monoisotopic (exact) mass is 272 g/mol. The number of halogens is 7. The zero-order valence-electron chi connectivity index (χ0n) is 8.28. The Morgan fingerprint density at radius 1 is 0.941 bits per heavy atom. The van der Waals surface area contributed by atoms with E-state index in [1.54, 1.807) is 0 Å². The molecule has 0 aliphatic heterocycles. The van der Waals surface area contributed by atoms with Gasteiger partial charge in [-0.05, 0) is 0 Å². The molecule has 0 bridgehead atoms. The van der Waals surface area contributed by atoms with Gasteiger partial charge in [0, 0.05) is 6.92 Å². The number of ether oxygens (including phenoxy) is 2. The molecule has 0 heterocycles. The number of hydrogen-bond donors (Lipinski definition) is 0. The van der Waals surface area contributed by atoms with Crippen LogP contribution >= 0.6 is 0 Å². The second-order valence-corrected chi connectivity index (χ2v) is 3.10. The molecule has 10 heteroatoms. The van der Waals surface area contributed by atoms with Crippen molar-refractivity contribution in [1.82, 2.24) is 0 Å². The molecule has 17 heavy (non-hydrogen) atoms. The van der Waals surface area contributed by atoms with E-state index in [4.69, 9.17) is 0 Å². The standard InChI is InChI=1S/C7H7F7O3/c1-5(8,9)2-16-4(15)17-3-6(10,11)7(12,13)14/h2-3H2,1H3. The topological polar surface area (TPSA) is 35.5 Å². The highest BCUT2D eigenvalue weighted by molar-refractivity contribution is 5.59. The Hall–Kier alpha value is -1.22. The quantitative estimate of drug-likeness (QED) is 0.583. The predicted octanol–water partition coefficient (Wildman–Crippen LogP) is 2.99. The summed E-state index contributed by atoms with van der Waals surface area (Å²) >= 11 is 0. The third-order valence-corrected chi connectivity index (χ3v) is 1.23. The Morgan fingerprint density at radius 3 is 1.71 bits per heavy atom. The van der Waals surface area contributed by atoms with E-state index >= 15 is 0 Å². The molecule has 0 aromatic carbocycles. The molecular formula is C7H7F7O3. The highest BCUT2D eigenvalue weighted by Crippen LogP contribution is 2.35. The van der Waals surface area contributed by atoms with Gasteiger partial charge in [0.15, 0.2) is 13.2 Å². The molecule has 0 atom stereocenters. The van der Waals surface area contributed by atoms with Gasteiger partial charge in [-0.25, -0.2) is 13.6 Å². The summed E-state index contributed by atoms with van der Waals surface area (Å²) < 4.78 is 90.1. The van der Waals surface area contributed by atoms with Gasteiger partial charge in [0.1, 0.15) is 0 Å². The van der Waals surface area contributed by atoms with Crippen molar-refractivity contribution in [3.05, 3.63) is 0 Å². The molecule has 0 aromatic heterocycles. The van der Waals surface area contributed by atoms with Crippen LogP contribution in [-0.2, 0) is 9.47 Å². The first-order chi connectivity index (χ1) is 7.35. The lowest BCUT2D eigenvalue weighted by Gasteiger charge is -2.19. The molecule has 0 unspecified atom stereocenters. The lowest BCUT2D eigenvalue weighted by atomic mass is 10.3. The normalized spacial score (nSPS) is 13.4. The molecule has 0 radical (unpaired) electrons. The van der Waals surface area contributed by atoms with E-state index in [1.807, 2.05) is 0 Å². The van der Waals surface area contributed by atoms with Gasteiger partial charge in [0.25, 0.3) is 5.92 Å². The highest BCUT2D eigenvalue weighted by Gasteiger charge is 2.58. The van der Waals surface area contributed by atoms with E-state index < -0.39 is 37.4 Å². The van der Waals surface area contributed by atoms with Crippen LogP contribution < -0.4 is 0 Å². The summed E-state index contributed by atoms with van der Waals surface area (Å²) in [6.07, 6.45) is -7.93. The van der Waals surface area contributed by atoms with E-state index in [-0.39, 0.29) is 0 Å². The molecule has 0 aliphatic rings. The van der Waals surface area contributed by atoms with Gasteiger partial charge in [-0.3, -0.25) is 0 Å². The molecule has 0 amide bonds. The third kappa shape index (κ3) is 6.17. The molecule has 0 rings (SSSR count). The minimum absolute atomic E-state index is 0.352. The van der Waals surface area contributed by atoms with E-state index in [0.29, 0.717) is 6.92 Å².